The highest BCUT2D eigenvalue weighted by atomic mass is 16.5. The summed E-state index contributed by atoms with van der Waals surface area (Å²) >= 11 is 0. The number of hydrogen-bond donors (Lipinski definition) is 0. The molecule has 18 heavy (non-hydrogen) atoms. The number of hydrogen-bond acceptors (Lipinski definition) is 4. The lowest BCUT2D eigenvalue weighted by Gasteiger charge is -2.20. The molecule has 5 nitrogen and oxygen atoms in total. The van der Waals surface area contributed by atoms with Crippen molar-refractivity contribution in [1.29, 1.82) is 0 Å². The number of carbonyl (C=O) groups excluding carboxylic acids is 2. The van der Waals surface area contributed by atoms with Gasteiger partial charge in [0.2, 0.25) is 5.78 Å². The van der Waals surface area contributed by atoms with Crippen LogP contribution in [0, 0.1) is 0 Å². The highest BCUT2D eigenvalue weighted by Gasteiger charge is 2.37. The van der Waals surface area contributed by atoms with E-state index in [9.17, 15) is 9.59 Å². The van der Waals surface area contributed by atoms with E-state index in [1.54, 1.807) is 17.0 Å². The summed E-state index contributed by atoms with van der Waals surface area (Å²) in [5.41, 5.74) is 0.353. The minimum atomic E-state index is -0.298. The van der Waals surface area contributed by atoms with Crippen molar-refractivity contribution in [2.75, 3.05) is 13.7 Å². The number of amides is 1. The van der Waals surface area contributed by atoms with E-state index in [-0.39, 0.29) is 35.8 Å². The Labute approximate surface area is 105 Å². The van der Waals surface area contributed by atoms with Crippen molar-refractivity contribution in [2.45, 2.75) is 19.9 Å². The van der Waals surface area contributed by atoms with Crippen LogP contribution >= 0.6 is 0 Å². The van der Waals surface area contributed by atoms with Gasteiger partial charge in [-0.3, -0.25) is 9.59 Å². The van der Waals surface area contributed by atoms with E-state index in [4.69, 9.17) is 9.15 Å². The number of rotatable bonds is 4. The number of Topliss-reactive ketones (excluding diaryl/α,β-unsaturated/α-hetero) is 1. The van der Waals surface area contributed by atoms with Crippen molar-refractivity contribution >= 4 is 11.7 Å². The molecule has 0 saturated carbocycles. The molecule has 0 radical (unpaired) electrons. The molecule has 1 aliphatic rings. The highest BCUT2D eigenvalue weighted by Crippen LogP contribution is 2.24. The van der Waals surface area contributed by atoms with Crippen molar-refractivity contribution in [2.24, 2.45) is 0 Å². The number of furan rings is 1. The molecule has 1 aromatic rings. The van der Waals surface area contributed by atoms with Gasteiger partial charge >= 0.3 is 0 Å². The van der Waals surface area contributed by atoms with E-state index in [1.165, 1.54) is 13.4 Å². The molecule has 0 bridgehead atoms. The summed E-state index contributed by atoms with van der Waals surface area (Å²) < 4.78 is 10.1. The Morgan fingerprint density at radius 3 is 2.72 bits per heavy atom. The standard InChI is InChI=1S/C13H15NO4/c1-8(2)14-7-9(12(17-3)13(14)16)11(15)10-5-4-6-18-10/h4-6,8H,7H2,1-3H3. The molecular formula is C13H15NO4. The Balaban J connectivity index is 2.34. The third-order valence-electron chi connectivity index (χ3n) is 2.90. The van der Waals surface area contributed by atoms with Gasteiger partial charge in [-0.25, -0.2) is 0 Å². The molecule has 0 aromatic carbocycles. The third kappa shape index (κ3) is 1.92. The minimum absolute atomic E-state index is 0.0181. The molecule has 0 spiro atoms. The Kier molecular flexibility index (Phi) is 3.23. The second-order valence-corrected chi connectivity index (χ2v) is 4.35. The summed E-state index contributed by atoms with van der Waals surface area (Å²) in [5, 5.41) is 0. The van der Waals surface area contributed by atoms with E-state index in [0.717, 1.165) is 0 Å². The SMILES string of the molecule is COC1=C(C(=O)c2ccco2)CN(C(C)C)C1=O. The predicted octanol–water partition coefficient (Wildman–Crippen LogP) is 1.61. The Morgan fingerprint density at radius 2 is 2.22 bits per heavy atom. The van der Waals surface area contributed by atoms with Crippen molar-refractivity contribution in [3.05, 3.63) is 35.5 Å². The monoisotopic (exact) mass is 249 g/mol. The average molecular weight is 249 g/mol. The van der Waals surface area contributed by atoms with Crippen LogP contribution in [0.5, 0.6) is 0 Å². The first-order valence-corrected chi connectivity index (χ1v) is 5.72. The zero-order chi connectivity index (χ0) is 13.3. The predicted molar refractivity (Wildman–Crippen MR) is 63.9 cm³/mol. The lowest BCUT2D eigenvalue weighted by molar-refractivity contribution is -0.129. The topological polar surface area (TPSA) is 59.8 Å². The van der Waals surface area contributed by atoms with Crippen LogP contribution in [-0.4, -0.2) is 36.3 Å². The molecule has 0 atom stereocenters. The first-order valence-electron chi connectivity index (χ1n) is 5.72. The van der Waals surface area contributed by atoms with Crippen LogP contribution in [0.1, 0.15) is 24.4 Å². The number of ketones is 1. The molecule has 0 unspecified atom stereocenters. The molecule has 2 heterocycles. The van der Waals surface area contributed by atoms with E-state index >= 15 is 0 Å². The quantitative estimate of drug-likeness (QED) is 0.761. The first-order chi connectivity index (χ1) is 8.56. The van der Waals surface area contributed by atoms with Gasteiger partial charge in [-0.05, 0) is 26.0 Å². The van der Waals surface area contributed by atoms with Crippen LogP contribution in [0.4, 0.5) is 0 Å². The molecule has 0 N–H and O–H groups in total. The molecule has 0 fully saturated rings. The van der Waals surface area contributed by atoms with Crippen LogP contribution in [0.25, 0.3) is 0 Å². The molecular weight excluding hydrogens is 234 g/mol. The maximum atomic E-state index is 12.2. The molecule has 0 saturated heterocycles. The van der Waals surface area contributed by atoms with Crippen LogP contribution in [0.2, 0.25) is 0 Å². The van der Waals surface area contributed by atoms with Gasteiger partial charge in [0.1, 0.15) is 0 Å². The summed E-state index contributed by atoms with van der Waals surface area (Å²) in [5.74, 6) is -0.209. The van der Waals surface area contributed by atoms with E-state index in [2.05, 4.69) is 0 Å². The van der Waals surface area contributed by atoms with Gasteiger partial charge in [0.25, 0.3) is 5.91 Å². The molecule has 0 aliphatic carbocycles. The first kappa shape index (κ1) is 12.4. The third-order valence-corrected chi connectivity index (χ3v) is 2.90. The zero-order valence-electron chi connectivity index (χ0n) is 10.6. The molecule has 96 valence electrons. The summed E-state index contributed by atoms with van der Waals surface area (Å²) in [6.45, 7) is 4.05. The summed E-state index contributed by atoms with van der Waals surface area (Å²) in [6, 6.07) is 3.23. The zero-order valence-corrected chi connectivity index (χ0v) is 10.6. The second kappa shape index (κ2) is 4.68. The Morgan fingerprint density at radius 1 is 1.50 bits per heavy atom. The fourth-order valence-corrected chi connectivity index (χ4v) is 1.93. The van der Waals surface area contributed by atoms with E-state index in [1.807, 2.05) is 13.8 Å². The number of ether oxygens (including phenoxy) is 1. The minimum Gasteiger partial charge on any atom is -0.491 e. The largest absolute Gasteiger partial charge is 0.491 e. The van der Waals surface area contributed by atoms with Gasteiger partial charge < -0.3 is 14.1 Å². The van der Waals surface area contributed by atoms with Gasteiger partial charge in [-0.2, -0.15) is 0 Å². The van der Waals surface area contributed by atoms with E-state index in [0.29, 0.717) is 5.57 Å². The summed E-state index contributed by atoms with van der Waals surface area (Å²) in [6.07, 6.45) is 1.43. The fraction of sp³-hybridized carbons (Fsp3) is 0.385. The van der Waals surface area contributed by atoms with Crippen molar-refractivity contribution in [3.8, 4) is 0 Å². The maximum Gasteiger partial charge on any atom is 0.289 e. The number of methoxy groups -OCH3 is 1. The van der Waals surface area contributed by atoms with Gasteiger partial charge in [0.15, 0.2) is 11.5 Å². The number of carbonyl (C=O) groups is 2. The van der Waals surface area contributed by atoms with Crippen molar-refractivity contribution < 1.29 is 18.7 Å². The van der Waals surface area contributed by atoms with Gasteiger partial charge in [-0.15, -0.1) is 0 Å². The molecule has 1 aliphatic heterocycles. The maximum absolute atomic E-state index is 12.2. The van der Waals surface area contributed by atoms with Crippen LogP contribution in [0.3, 0.4) is 0 Å². The van der Waals surface area contributed by atoms with Crippen LogP contribution in [0.15, 0.2) is 34.1 Å². The fourth-order valence-electron chi connectivity index (χ4n) is 1.93. The van der Waals surface area contributed by atoms with Crippen molar-refractivity contribution in [3.63, 3.8) is 0 Å². The highest BCUT2D eigenvalue weighted by molar-refractivity contribution is 6.14. The second-order valence-electron chi connectivity index (χ2n) is 4.35. The lowest BCUT2D eigenvalue weighted by atomic mass is 10.1. The van der Waals surface area contributed by atoms with Crippen LogP contribution < -0.4 is 0 Å². The Hall–Kier alpha value is -2.04. The van der Waals surface area contributed by atoms with Gasteiger partial charge in [0.05, 0.1) is 25.5 Å². The molecule has 5 heteroatoms. The van der Waals surface area contributed by atoms with Gasteiger partial charge in [0, 0.05) is 6.04 Å². The Bertz CT molecular complexity index is 499. The van der Waals surface area contributed by atoms with Crippen molar-refractivity contribution in [1.82, 2.24) is 4.90 Å². The normalized spacial score (nSPS) is 15.8. The number of nitrogens with zero attached hydrogens (tertiary/aromatic N) is 1. The smallest absolute Gasteiger partial charge is 0.289 e. The van der Waals surface area contributed by atoms with Crippen LogP contribution in [-0.2, 0) is 9.53 Å². The summed E-state index contributed by atoms with van der Waals surface area (Å²) in [4.78, 5) is 25.8. The molecule has 1 aromatic heterocycles. The van der Waals surface area contributed by atoms with Gasteiger partial charge in [-0.1, -0.05) is 0 Å². The lowest BCUT2D eigenvalue weighted by Crippen LogP contribution is -2.34. The van der Waals surface area contributed by atoms with E-state index < -0.39 is 0 Å². The summed E-state index contributed by atoms with van der Waals surface area (Å²) in [7, 11) is 1.40. The molecule has 1 amide bonds. The molecule has 2 rings (SSSR count). The average Bonchev–Trinajstić information content (AvgIpc) is 2.94.